The third-order valence-corrected chi connectivity index (χ3v) is 3.98. The number of rotatable bonds is 5. The van der Waals surface area contributed by atoms with Gasteiger partial charge < -0.3 is 14.1 Å². The second-order valence-electron chi connectivity index (χ2n) is 5.71. The molecule has 0 aliphatic heterocycles. The maximum absolute atomic E-state index is 11.9. The number of aromatic nitrogens is 2. The minimum absolute atomic E-state index is 0.413. The summed E-state index contributed by atoms with van der Waals surface area (Å²) in [4.78, 5) is 19.4. The zero-order chi connectivity index (χ0) is 18.6. The van der Waals surface area contributed by atoms with Crippen LogP contribution in [0.2, 0.25) is 0 Å². The van der Waals surface area contributed by atoms with Crippen LogP contribution in [-0.4, -0.2) is 29.3 Å². The predicted molar refractivity (Wildman–Crippen MR) is 103 cm³/mol. The first-order chi connectivity index (χ1) is 13.2. The van der Waals surface area contributed by atoms with Gasteiger partial charge in [-0.05, 0) is 30.3 Å². The molecule has 4 aromatic rings. The third kappa shape index (κ3) is 3.43. The molecule has 0 saturated carbocycles. The lowest BCUT2D eigenvalue weighted by atomic mass is 10.1. The van der Waals surface area contributed by atoms with E-state index in [4.69, 9.17) is 9.15 Å². The Bertz CT molecular complexity index is 1090. The molecule has 0 atom stereocenters. The molecule has 2 N–H and O–H groups in total. The molecule has 7 nitrogen and oxygen atoms in total. The number of para-hydroxylation sites is 2. The second kappa shape index (κ2) is 7.17. The number of carbonyl (C=O) groups is 1. The molecule has 0 aliphatic rings. The number of benzene rings is 2. The second-order valence-corrected chi connectivity index (χ2v) is 5.71. The lowest BCUT2D eigenvalue weighted by molar-refractivity contribution is 0.0601. The van der Waals surface area contributed by atoms with Crippen molar-refractivity contribution in [2.75, 3.05) is 12.5 Å². The molecule has 2 aromatic carbocycles. The first-order valence-electron chi connectivity index (χ1n) is 8.26. The van der Waals surface area contributed by atoms with E-state index in [0.29, 0.717) is 28.6 Å². The van der Waals surface area contributed by atoms with Crippen molar-refractivity contribution in [3.63, 3.8) is 0 Å². The van der Waals surface area contributed by atoms with Crippen LogP contribution in [0.15, 0.2) is 70.2 Å². The van der Waals surface area contributed by atoms with E-state index < -0.39 is 5.97 Å². The molecule has 2 heterocycles. The number of hydrogen-bond acceptors (Lipinski definition) is 6. The summed E-state index contributed by atoms with van der Waals surface area (Å²) in [5.74, 6) is 1.22. The van der Waals surface area contributed by atoms with Gasteiger partial charge >= 0.3 is 5.97 Å². The van der Waals surface area contributed by atoms with E-state index in [0.717, 1.165) is 11.0 Å². The van der Waals surface area contributed by atoms with Crippen molar-refractivity contribution in [1.29, 1.82) is 0 Å². The molecule has 4 rings (SSSR count). The molecular weight excluding hydrogens is 344 g/mol. The van der Waals surface area contributed by atoms with Gasteiger partial charge in [0.05, 0.1) is 29.9 Å². The molecule has 134 valence electrons. The van der Waals surface area contributed by atoms with Gasteiger partial charge in [-0.25, -0.2) is 15.2 Å². The molecule has 0 fully saturated rings. The molecule has 0 unspecified atom stereocenters. The molecule has 0 bridgehead atoms. The smallest absolute Gasteiger partial charge is 0.338 e. The van der Waals surface area contributed by atoms with Crippen molar-refractivity contribution in [1.82, 2.24) is 9.97 Å². The lowest BCUT2D eigenvalue weighted by Gasteiger charge is -2.04. The number of ether oxygens (including phenoxy) is 1. The van der Waals surface area contributed by atoms with E-state index in [1.807, 2.05) is 30.3 Å². The highest BCUT2D eigenvalue weighted by atomic mass is 16.5. The molecule has 7 heteroatoms. The number of H-pyrrole nitrogens is 1. The monoisotopic (exact) mass is 360 g/mol. The van der Waals surface area contributed by atoms with Gasteiger partial charge in [0.15, 0.2) is 0 Å². The highest BCUT2D eigenvalue weighted by Crippen LogP contribution is 2.26. The van der Waals surface area contributed by atoms with Crippen LogP contribution in [0.25, 0.3) is 22.4 Å². The number of nitrogens with zero attached hydrogens (tertiary/aromatic N) is 2. The number of furan rings is 1. The van der Waals surface area contributed by atoms with Gasteiger partial charge in [0.25, 0.3) is 0 Å². The van der Waals surface area contributed by atoms with E-state index in [2.05, 4.69) is 20.5 Å². The summed E-state index contributed by atoms with van der Waals surface area (Å²) in [7, 11) is 1.35. The Morgan fingerprint density at radius 2 is 1.96 bits per heavy atom. The Balaban J connectivity index is 1.51. The van der Waals surface area contributed by atoms with E-state index in [1.165, 1.54) is 13.3 Å². The van der Waals surface area contributed by atoms with Gasteiger partial charge in [-0.15, -0.1) is 0 Å². The number of hydrazone groups is 1. The van der Waals surface area contributed by atoms with E-state index >= 15 is 0 Å². The standard InChI is InChI=1S/C20H16N4O3/c1-26-19(25)15-7-3-2-6-14(15)18-11-10-13(27-18)12-21-24-20-22-16-8-4-5-9-17(16)23-20/h2-12H,1H3,(H2,22,23,24)/b21-12+. The lowest BCUT2D eigenvalue weighted by Crippen LogP contribution is -2.02. The maximum Gasteiger partial charge on any atom is 0.338 e. The fourth-order valence-electron chi connectivity index (χ4n) is 2.72. The SMILES string of the molecule is COC(=O)c1ccccc1-c1ccc(/C=N/Nc2nc3ccccc3[nH]2)o1. The summed E-state index contributed by atoms with van der Waals surface area (Å²) in [6.45, 7) is 0. The molecular formula is C20H16N4O3. The number of aromatic amines is 1. The quantitative estimate of drug-likeness (QED) is 0.318. The van der Waals surface area contributed by atoms with E-state index in [9.17, 15) is 4.79 Å². The van der Waals surface area contributed by atoms with Crippen molar-refractivity contribution in [2.45, 2.75) is 0 Å². The van der Waals surface area contributed by atoms with Crippen molar-refractivity contribution in [2.24, 2.45) is 5.10 Å². The largest absolute Gasteiger partial charge is 0.465 e. The van der Waals surface area contributed by atoms with Crippen molar-refractivity contribution < 1.29 is 13.9 Å². The number of imidazole rings is 1. The number of anilines is 1. The van der Waals surface area contributed by atoms with Gasteiger partial charge in [-0.3, -0.25) is 0 Å². The number of carbonyl (C=O) groups excluding carboxylic acids is 1. The van der Waals surface area contributed by atoms with Gasteiger partial charge in [-0.1, -0.05) is 30.3 Å². The van der Waals surface area contributed by atoms with Gasteiger partial charge in [0.2, 0.25) is 5.95 Å². The number of nitrogens with one attached hydrogen (secondary N) is 2. The normalized spacial score (nSPS) is 11.1. The van der Waals surface area contributed by atoms with Crippen LogP contribution in [0.3, 0.4) is 0 Å². The minimum Gasteiger partial charge on any atom is -0.465 e. The zero-order valence-electron chi connectivity index (χ0n) is 14.5. The molecule has 0 saturated heterocycles. The molecule has 0 amide bonds. The Morgan fingerprint density at radius 1 is 1.15 bits per heavy atom. The summed E-state index contributed by atoms with van der Waals surface area (Å²) in [5, 5.41) is 4.13. The molecule has 0 spiro atoms. The van der Waals surface area contributed by atoms with Crippen LogP contribution in [-0.2, 0) is 4.74 Å². The summed E-state index contributed by atoms with van der Waals surface area (Å²) in [5.41, 5.74) is 5.73. The number of esters is 1. The van der Waals surface area contributed by atoms with Crippen LogP contribution in [0, 0.1) is 0 Å². The van der Waals surface area contributed by atoms with Crippen LogP contribution in [0.5, 0.6) is 0 Å². The summed E-state index contributed by atoms with van der Waals surface area (Å²) in [6.07, 6.45) is 1.54. The van der Waals surface area contributed by atoms with Gasteiger partial charge in [-0.2, -0.15) is 5.10 Å². The Labute approximate surface area is 154 Å². The topological polar surface area (TPSA) is 92.5 Å². The first kappa shape index (κ1) is 16.6. The van der Waals surface area contributed by atoms with Crippen molar-refractivity contribution in [3.05, 3.63) is 72.0 Å². The first-order valence-corrected chi connectivity index (χ1v) is 8.26. The van der Waals surface area contributed by atoms with Crippen LogP contribution < -0.4 is 5.43 Å². The van der Waals surface area contributed by atoms with Crippen LogP contribution >= 0.6 is 0 Å². The van der Waals surface area contributed by atoms with Crippen LogP contribution in [0.4, 0.5) is 5.95 Å². The number of fused-ring (bicyclic) bond motifs is 1. The number of methoxy groups -OCH3 is 1. The highest BCUT2D eigenvalue weighted by Gasteiger charge is 2.15. The number of hydrogen-bond donors (Lipinski definition) is 2. The van der Waals surface area contributed by atoms with E-state index in [1.54, 1.807) is 30.3 Å². The Kier molecular flexibility index (Phi) is 4.40. The Morgan fingerprint density at radius 3 is 2.81 bits per heavy atom. The third-order valence-electron chi connectivity index (χ3n) is 3.98. The molecule has 2 aromatic heterocycles. The molecule has 0 aliphatic carbocycles. The summed E-state index contributed by atoms with van der Waals surface area (Å²) in [6, 6.07) is 18.4. The van der Waals surface area contributed by atoms with Gasteiger partial charge in [0, 0.05) is 5.56 Å². The fraction of sp³-hybridized carbons (Fsp3) is 0.0500. The average molecular weight is 360 g/mol. The summed E-state index contributed by atoms with van der Waals surface area (Å²) < 4.78 is 10.6. The maximum atomic E-state index is 11.9. The van der Waals surface area contributed by atoms with Crippen molar-refractivity contribution in [3.8, 4) is 11.3 Å². The molecule has 27 heavy (non-hydrogen) atoms. The predicted octanol–water partition coefficient (Wildman–Crippen LogP) is 4.06. The minimum atomic E-state index is -0.413. The summed E-state index contributed by atoms with van der Waals surface area (Å²) >= 11 is 0. The van der Waals surface area contributed by atoms with E-state index in [-0.39, 0.29) is 0 Å². The highest BCUT2D eigenvalue weighted by molar-refractivity contribution is 5.96. The molecule has 0 radical (unpaired) electrons. The van der Waals surface area contributed by atoms with Crippen LogP contribution in [0.1, 0.15) is 16.1 Å². The van der Waals surface area contributed by atoms with Gasteiger partial charge in [0.1, 0.15) is 11.5 Å². The zero-order valence-corrected chi connectivity index (χ0v) is 14.5. The Hall–Kier alpha value is -3.87. The fourth-order valence-corrected chi connectivity index (χ4v) is 2.72. The average Bonchev–Trinajstić information content (AvgIpc) is 3.34. The van der Waals surface area contributed by atoms with Crippen molar-refractivity contribution >= 4 is 29.2 Å².